The number of rotatable bonds is 8. The number of nitrogens with zero attached hydrogens (tertiary/aromatic N) is 4. The van der Waals surface area contributed by atoms with Gasteiger partial charge in [-0.05, 0) is 56.2 Å². The lowest BCUT2D eigenvalue weighted by Gasteiger charge is -2.34. The normalized spacial score (nSPS) is 27.4. The summed E-state index contributed by atoms with van der Waals surface area (Å²) in [6.45, 7) is 0.172. The maximum atomic E-state index is 13.1. The molecular weight excluding hydrogens is 517 g/mol. The Balaban J connectivity index is 1.12. The van der Waals surface area contributed by atoms with Crippen LogP contribution in [0.3, 0.4) is 0 Å². The number of carboxylic acid groups (broad SMARTS) is 1. The van der Waals surface area contributed by atoms with Crippen molar-refractivity contribution < 1.29 is 37.1 Å². The Morgan fingerprint density at radius 3 is 2.74 bits per heavy atom. The highest BCUT2D eigenvalue weighted by molar-refractivity contribution is 5.85. The molecule has 204 valence electrons. The van der Waals surface area contributed by atoms with E-state index < -0.39 is 12.3 Å². The van der Waals surface area contributed by atoms with Gasteiger partial charge in [0.2, 0.25) is 5.95 Å². The standard InChI is InChI=1S/C27H25F3N4O5/c28-27(29,30)38-20-4-2-1-3-15(20)22-17(23(39-33-22)13-5-6-13)12-37-24-16-11-14-7-8-19(21(16)24)34(14)26-31-10-9-18(32-26)25(35)36/h1-4,9-10,13-14,16,19,21,24H,5-8,11-12H2,(H,35,36)/t14?,16?,19?,21?,24-/m0/s1. The summed E-state index contributed by atoms with van der Waals surface area (Å²) in [5, 5.41) is 13.5. The van der Waals surface area contributed by atoms with Crippen molar-refractivity contribution in [2.75, 3.05) is 4.90 Å². The minimum Gasteiger partial charge on any atom is -0.477 e. The first-order valence-electron chi connectivity index (χ1n) is 13.1. The summed E-state index contributed by atoms with van der Waals surface area (Å²) in [6.07, 6.45) is 1.31. The third-order valence-corrected chi connectivity index (χ3v) is 8.34. The van der Waals surface area contributed by atoms with Gasteiger partial charge in [-0.15, -0.1) is 13.2 Å². The van der Waals surface area contributed by atoms with E-state index in [2.05, 4.69) is 24.8 Å². The van der Waals surface area contributed by atoms with Crippen LogP contribution in [0.15, 0.2) is 41.1 Å². The molecular formula is C27H25F3N4O5. The summed E-state index contributed by atoms with van der Waals surface area (Å²) >= 11 is 0. The van der Waals surface area contributed by atoms with E-state index >= 15 is 0 Å². The molecule has 7 rings (SSSR count). The number of carboxylic acids is 1. The van der Waals surface area contributed by atoms with Crippen LogP contribution in [0.4, 0.5) is 19.1 Å². The van der Waals surface area contributed by atoms with Crippen LogP contribution >= 0.6 is 0 Å². The lowest BCUT2D eigenvalue weighted by molar-refractivity contribution is -0.274. The van der Waals surface area contributed by atoms with Crippen LogP contribution < -0.4 is 9.64 Å². The smallest absolute Gasteiger partial charge is 0.477 e. The number of halogens is 3. The number of benzene rings is 1. The number of carbonyl (C=O) groups is 1. The van der Waals surface area contributed by atoms with Gasteiger partial charge in [0, 0.05) is 41.2 Å². The van der Waals surface area contributed by atoms with Crippen molar-refractivity contribution in [1.29, 1.82) is 0 Å². The molecule has 39 heavy (non-hydrogen) atoms. The molecule has 2 saturated heterocycles. The third kappa shape index (κ3) is 4.40. The van der Waals surface area contributed by atoms with Crippen LogP contribution in [0.1, 0.15) is 59.8 Å². The fourth-order valence-electron chi connectivity index (χ4n) is 6.53. The topological polar surface area (TPSA) is 111 Å². The quantitative estimate of drug-likeness (QED) is 0.412. The Labute approximate surface area is 220 Å². The number of piperidine rings is 1. The molecule has 1 aromatic carbocycles. The molecule has 0 spiro atoms. The minimum atomic E-state index is -4.83. The van der Waals surface area contributed by atoms with E-state index in [-0.39, 0.29) is 53.6 Å². The van der Waals surface area contributed by atoms with Crippen LogP contribution in [-0.4, -0.2) is 50.8 Å². The zero-order chi connectivity index (χ0) is 26.9. The van der Waals surface area contributed by atoms with Gasteiger partial charge in [-0.25, -0.2) is 14.8 Å². The maximum Gasteiger partial charge on any atom is 0.573 e. The molecule has 4 heterocycles. The molecule has 4 unspecified atom stereocenters. The molecule has 2 aliphatic carbocycles. The lowest BCUT2D eigenvalue weighted by Crippen LogP contribution is -2.42. The first-order chi connectivity index (χ1) is 18.8. The van der Waals surface area contributed by atoms with Crippen LogP contribution in [0.5, 0.6) is 5.75 Å². The second-order valence-corrected chi connectivity index (χ2v) is 10.7. The molecule has 3 aromatic rings. The number of aromatic carboxylic acids is 1. The molecule has 12 heteroatoms. The zero-order valence-corrected chi connectivity index (χ0v) is 20.7. The van der Waals surface area contributed by atoms with E-state index in [1.165, 1.54) is 30.5 Å². The van der Waals surface area contributed by atoms with Crippen LogP contribution in [0.2, 0.25) is 0 Å². The van der Waals surface area contributed by atoms with Crippen LogP contribution in [-0.2, 0) is 11.3 Å². The van der Waals surface area contributed by atoms with Gasteiger partial charge in [-0.2, -0.15) is 0 Å². The van der Waals surface area contributed by atoms with Crippen molar-refractivity contribution in [2.24, 2.45) is 11.8 Å². The summed E-state index contributed by atoms with van der Waals surface area (Å²) in [4.78, 5) is 22.2. The number of alkyl halides is 3. The SMILES string of the molecule is O=C(O)c1ccnc(N2C3CCC2C2C(C3)[C@@H]2OCc2c(-c3ccccc3OC(F)(F)F)noc2C2CC2)n1. The number of hydrogen-bond acceptors (Lipinski definition) is 8. The summed E-state index contributed by atoms with van der Waals surface area (Å²) < 4.78 is 55.6. The molecule has 9 nitrogen and oxygen atoms in total. The third-order valence-electron chi connectivity index (χ3n) is 8.34. The highest BCUT2D eigenvalue weighted by Crippen LogP contribution is 2.58. The Morgan fingerprint density at radius 2 is 1.97 bits per heavy atom. The van der Waals surface area contributed by atoms with Gasteiger partial charge >= 0.3 is 12.3 Å². The molecule has 2 bridgehead atoms. The van der Waals surface area contributed by atoms with Gasteiger partial charge in [0.1, 0.15) is 17.2 Å². The van der Waals surface area contributed by atoms with E-state index in [0.717, 1.165) is 32.1 Å². The van der Waals surface area contributed by atoms with Crippen molar-refractivity contribution in [3.05, 3.63) is 53.5 Å². The zero-order valence-electron chi connectivity index (χ0n) is 20.7. The highest BCUT2D eigenvalue weighted by Gasteiger charge is 2.63. The Hall–Kier alpha value is -3.67. The number of hydrogen-bond donors (Lipinski definition) is 1. The summed E-state index contributed by atoms with van der Waals surface area (Å²) in [7, 11) is 0. The minimum absolute atomic E-state index is 0.0260. The van der Waals surface area contributed by atoms with Crippen LogP contribution in [0, 0.1) is 11.8 Å². The highest BCUT2D eigenvalue weighted by atomic mass is 19.4. The predicted molar refractivity (Wildman–Crippen MR) is 129 cm³/mol. The predicted octanol–water partition coefficient (Wildman–Crippen LogP) is 5.18. The Kier molecular flexibility index (Phi) is 5.58. The first-order valence-corrected chi connectivity index (χ1v) is 13.1. The molecule has 4 aliphatic rings. The maximum absolute atomic E-state index is 13.1. The van der Waals surface area contributed by atoms with Crippen molar-refractivity contribution in [3.63, 3.8) is 0 Å². The second kappa shape index (κ2) is 8.94. The monoisotopic (exact) mass is 542 g/mol. The Morgan fingerprint density at radius 1 is 1.15 bits per heavy atom. The van der Waals surface area contributed by atoms with Crippen LogP contribution in [0.25, 0.3) is 11.3 Å². The second-order valence-electron chi connectivity index (χ2n) is 10.7. The van der Waals surface area contributed by atoms with Gasteiger partial charge < -0.3 is 24.0 Å². The summed E-state index contributed by atoms with van der Waals surface area (Å²) in [5.74, 6) is 0.462. The van der Waals surface area contributed by atoms with Gasteiger partial charge in [0.15, 0.2) is 5.69 Å². The summed E-state index contributed by atoms with van der Waals surface area (Å²) in [5.41, 5.74) is 1.15. The molecule has 0 radical (unpaired) electrons. The van der Waals surface area contributed by atoms with E-state index in [4.69, 9.17) is 9.26 Å². The van der Waals surface area contributed by atoms with Crippen molar-refractivity contribution in [2.45, 2.75) is 69.2 Å². The number of para-hydroxylation sites is 1. The van der Waals surface area contributed by atoms with Gasteiger partial charge in [0.05, 0.1) is 12.7 Å². The van der Waals surface area contributed by atoms with Gasteiger partial charge in [-0.3, -0.25) is 0 Å². The summed E-state index contributed by atoms with van der Waals surface area (Å²) in [6, 6.07) is 7.67. The molecule has 2 aliphatic heterocycles. The number of ether oxygens (including phenoxy) is 2. The van der Waals surface area contributed by atoms with E-state index in [9.17, 15) is 23.1 Å². The number of aromatic nitrogens is 3. The molecule has 0 amide bonds. The fourth-order valence-corrected chi connectivity index (χ4v) is 6.53. The number of fused-ring (bicyclic) bond motifs is 4. The largest absolute Gasteiger partial charge is 0.573 e. The fraction of sp³-hybridized carbons (Fsp3) is 0.481. The average molecular weight is 543 g/mol. The van der Waals surface area contributed by atoms with Crippen molar-refractivity contribution in [3.8, 4) is 17.0 Å². The molecule has 5 atom stereocenters. The average Bonchev–Trinajstić information content (AvgIpc) is 3.79. The van der Waals surface area contributed by atoms with E-state index in [1.54, 1.807) is 6.07 Å². The molecule has 1 N–H and O–H groups in total. The van der Waals surface area contributed by atoms with Gasteiger partial charge in [-0.1, -0.05) is 17.3 Å². The molecule has 2 saturated carbocycles. The Bertz CT molecular complexity index is 1420. The van der Waals surface area contributed by atoms with E-state index in [0.29, 0.717) is 28.9 Å². The molecule has 2 aromatic heterocycles. The van der Waals surface area contributed by atoms with Crippen molar-refractivity contribution in [1.82, 2.24) is 15.1 Å². The van der Waals surface area contributed by atoms with Crippen molar-refractivity contribution >= 4 is 11.9 Å². The number of anilines is 1. The van der Waals surface area contributed by atoms with Gasteiger partial charge in [0.25, 0.3) is 0 Å². The lowest BCUT2D eigenvalue weighted by atomic mass is 10.0. The molecule has 4 fully saturated rings. The first kappa shape index (κ1) is 24.4. The van der Waals surface area contributed by atoms with E-state index in [1.807, 2.05) is 0 Å².